The Balaban J connectivity index is 2.52. The highest BCUT2D eigenvalue weighted by Gasteiger charge is 2.14. The quantitative estimate of drug-likeness (QED) is 0.756. The fourth-order valence-corrected chi connectivity index (χ4v) is 1.71. The molecule has 1 aromatic carbocycles. The number of amides is 1. The van der Waals surface area contributed by atoms with Crippen molar-refractivity contribution in [1.29, 1.82) is 0 Å². The summed E-state index contributed by atoms with van der Waals surface area (Å²) in [5, 5.41) is 12.0. The smallest absolute Gasteiger partial charge is 0.246 e. The van der Waals surface area contributed by atoms with E-state index < -0.39 is 0 Å². The van der Waals surface area contributed by atoms with Crippen LogP contribution in [0.1, 0.15) is 38.3 Å². The van der Waals surface area contributed by atoms with Gasteiger partial charge in [-0.15, -0.1) is 0 Å². The van der Waals surface area contributed by atoms with Gasteiger partial charge in [-0.3, -0.25) is 4.79 Å². The third-order valence-corrected chi connectivity index (χ3v) is 3.03. The second-order valence-corrected chi connectivity index (χ2v) is 4.57. The molecule has 0 heterocycles. The van der Waals surface area contributed by atoms with Crippen LogP contribution in [0.25, 0.3) is 0 Å². The zero-order valence-electron chi connectivity index (χ0n) is 11.6. The van der Waals surface area contributed by atoms with Crippen molar-refractivity contribution in [1.82, 2.24) is 5.32 Å². The molecule has 2 atom stereocenters. The number of hydrogen-bond acceptors (Lipinski definition) is 3. The number of aliphatic hydroxyl groups is 1. The standard InChI is InChI=1S/C15H23NO3/c1-3-12(2)19-11-15(18)16-14(9-10-17)13-7-5-4-6-8-13/h4-8,12,14,17H,3,9-11H2,1-2H3,(H,16,18). The number of hydrogen-bond donors (Lipinski definition) is 2. The van der Waals surface area contributed by atoms with Gasteiger partial charge in [-0.1, -0.05) is 37.3 Å². The zero-order chi connectivity index (χ0) is 14.1. The molecule has 2 N–H and O–H groups in total. The minimum atomic E-state index is -0.167. The van der Waals surface area contributed by atoms with Crippen LogP contribution >= 0.6 is 0 Å². The van der Waals surface area contributed by atoms with Crippen LogP contribution < -0.4 is 5.32 Å². The first-order valence-corrected chi connectivity index (χ1v) is 6.74. The minimum Gasteiger partial charge on any atom is -0.396 e. The van der Waals surface area contributed by atoms with E-state index in [1.54, 1.807) is 0 Å². The first kappa shape index (κ1) is 15.7. The van der Waals surface area contributed by atoms with Crippen molar-refractivity contribution in [2.24, 2.45) is 0 Å². The van der Waals surface area contributed by atoms with Gasteiger partial charge in [0.1, 0.15) is 6.61 Å². The summed E-state index contributed by atoms with van der Waals surface area (Å²) >= 11 is 0. The van der Waals surface area contributed by atoms with Crippen LogP contribution in [0.5, 0.6) is 0 Å². The molecule has 0 aliphatic rings. The summed E-state index contributed by atoms with van der Waals surface area (Å²) in [6, 6.07) is 9.47. The fraction of sp³-hybridized carbons (Fsp3) is 0.533. The van der Waals surface area contributed by atoms with Crippen molar-refractivity contribution in [3.8, 4) is 0 Å². The van der Waals surface area contributed by atoms with Crippen LogP contribution in [0.3, 0.4) is 0 Å². The highest BCUT2D eigenvalue weighted by Crippen LogP contribution is 2.15. The summed E-state index contributed by atoms with van der Waals surface area (Å²) in [5.41, 5.74) is 0.994. The van der Waals surface area contributed by atoms with Gasteiger partial charge < -0.3 is 15.2 Å². The van der Waals surface area contributed by atoms with E-state index in [9.17, 15) is 4.79 Å². The van der Waals surface area contributed by atoms with Crippen LogP contribution in [-0.4, -0.2) is 30.3 Å². The summed E-state index contributed by atoms with van der Waals surface area (Å²) in [6.45, 7) is 4.05. The molecule has 0 saturated heterocycles. The molecular weight excluding hydrogens is 242 g/mol. The average molecular weight is 265 g/mol. The molecule has 1 rings (SSSR count). The lowest BCUT2D eigenvalue weighted by Gasteiger charge is -2.19. The highest BCUT2D eigenvalue weighted by molar-refractivity contribution is 5.77. The molecule has 0 saturated carbocycles. The van der Waals surface area contributed by atoms with Crippen LogP contribution in [0, 0.1) is 0 Å². The molecule has 106 valence electrons. The Labute approximate surface area is 114 Å². The van der Waals surface area contributed by atoms with Crippen LogP contribution in [-0.2, 0) is 9.53 Å². The molecule has 0 bridgehead atoms. The van der Waals surface area contributed by atoms with Gasteiger partial charge >= 0.3 is 0 Å². The summed E-state index contributed by atoms with van der Waals surface area (Å²) < 4.78 is 5.39. The van der Waals surface area contributed by atoms with Crippen molar-refractivity contribution in [3.05, 3.63) is 35.9 Å². The van der Waals surface area contributed by atoms with Gasteiger partial charge in [0.05, 0.1) is 12.1 Å². The lowest BCUT2D eigenvalue weighted by Crippen LogP contribution is -2.33. The molecule has 0 aromatic heterocycles. The van der Waals surface area contributed by atoms with Crippen LogP contribution in [0.4, 0.5) is 0 Å². The lowest BCUT2D eigenvalue weighted by molar-refractivity contribution is -0.128. The predicted molar refractivity (Wildman–Crippen MR) is 74.7 cm³/mol. The Morgan fingerprint density at radius 3 is 2.63 bits per heavy atom. The van der Waals surface area contributed by atoms with Gasteiger partial charge in [-0.25, -0.2) is 0 Å². The normalized spacial score (nSPS) is 13.8. The third-order valence-electron chi connectivity index (χ3n) is 3.03. The number of nitrogens with one attached hydrogen (secondary N) is 1. The maximum Gasteiger partial charge on any atom is 0.246 e. The van der Waals surface area contributed by atoms with Gasteiger partial charge in [-0.2, -0.15) is 0 Å². The molecule has 0 aliphatic heterocycles. The topological polar surface area (TPSA) is 58.6 Å². The number of rotatable bonds is 8. The summed E-state index contributed by atoms with van der Waals surface area (Å²) in [7, 11) is 0. The number of aliphatic hydroxyl groups excluding tert-OH is 1. The second-order valence-electron chi connectivity index (χ2n) is 4.57. The van der Waals surface area contributed by atoms with E-state index in [0.717, 1.165) is 12.0 Å². The molecule has 19 heavy (non-hydrogen) atoms. The second kappa shape index (κ2) is 8.67. The van der Waals surface area contributed by atoms with Crippen molar-refractivity contribution >= 4 is 5.91 Å². The van der Waals surface area contributed by atoms with Crippen molar-refractivity contribution in [2.75, 3.05) is 13.2 Å². The molecule has 1 amide bonds. The van der Waals surface area contributed by atoms with Crippen molar-refractivity contribution in [2.45, 2.75) is 38.8 Å². The molecule has 0 spiro atoms. The summed E-state index contributed by atoms with van der Waals surface area (Å²) in [5.74, 6) is -0.150. The van der Waals surface area contributed by atoms with Gasteiger partial charge in [0.2, 0.25) is 5.91 Å². The van der Waals surface area contributed by atoms with Crippen molar-refractivity contribution < 1.29 is 14.6 Å². The number of carbonyl (C=O) groups is 1. The van der Waals surface area contributed by atoms with Gasteiger partial charge in [-0.05, 0) is 25.3 Å². The van der Waals surface area contributed by atoms with E-state index in [0.29, 0.717) is 6.42 Å². The Hall–Kier alpha value is -1.39. The molecule has 4 heteroatoms. The van der Waals surface area contributed by atoms with E-state index in [-0.39, 0.29) is 31.3 Å². The van der Waals surface area contributed by atoms with Gasteiger partial charge in [0.25, 0.3) is 0 Å². The zero-order valence-corrected chi connectivity index (χ0v) is 11.6. The van der Waals surface area contributed by atoms with E-state index >= 15 is 0 Å². The molecule has 2 unspecified atom stereocenters. The molecule has 4 nitrogen and oxygen atoms in total. The fourth-order valence-electron chi connectivity index (χ4n) is 1.71. The molecular formula is C15H23NO3. The Bertz CT molecular complexity index is 367. The lowest BCUT2D eigenvalue weighted by atomic mass is 10.0. The van der Waals surface area contributed by atoms with E-state index in [4.69, 9.17) is 9.84 Å². The van der Waals surface area contributed by atoms with Gasteiger partial charge in [0, 0.05) is 6.61 Å². The largest absolute Gasteiger partial charge is 0.396 e. The number of benzene rings is 1. The van der Waals surface area contributed by atoms with Crippen LogP contribution in [0.15, 0.2) is 30.3 Å². The first-order chi connectivity index (χ1) is 9.17. The SMILES string of the molecule is CCC(C)OCC(=O)NC(CCO)c1ccccc1. The summed E-state index contributed by atoms with van der Waals surface area (Å²) in [4.78, 5) is 11.8. The Kier molecular flexibility index (Phi) is 7.15. The predicted octanol–water partition coefficient (Wildman–Crippen LogP) is 2.04. The van der Waals surface area contributed by atoms with Gasteiger partial charge in [0.15, 0.2) is 0 Å². The minimum absolute atomic E-state index is 0.0338. The average Bonchev–Trinajstić information content (AvgIpc) is 2.45. The first-order valence-electron chi connectivity index (χ1n) is 6.74. The highest BCUT2D eigenvalue weighted by atomic mass is 16.5. The van der Waals surface area contributed by atoms with E-state index in [2.05, 4.69) is 5.32 Å². The summed E-state index contributed by atoms with van der Waals surface area (Å²) in [6.07, 6.45) is 1.46. The maximum atomic E-state index is 11.8. The number of ether oxygens (including phenoxy) is 1. The maximum absolute atomic E-state index is 11.8. The third kappa shape index (κ3) is 5.85. The van der Waals surface area contributed by atoms with Crippen LogP contribution in [0.2, 0.25) is 0 Å². The van der Waals surface area contributed by atoms with Crippen molar-refractivity contribution in [3.63, 3.8) is 0 Å². The monoisotopic (exact) mass is 265 g/mol. The number of carbonyl (C=O) groups excluding carboxylic acids is 1. The van der Waals surface area contributed by atoms with E-state index in [1.807, 2.05) is 44.2 Å². The Morgan fingerprint density at radius 2 is 2.05 bits per heavy atom. The Morgan fingerprint density at radius 1 is 1.37 bits per heavy atom. The molecule has 1 aromatic rings. The molecule has 0 radical (unpaired) electrons. The molecule has 0 aliphatic carbocycles. The molecule has 0 fully saturated rings. The van der Waals surface area contributed by atoms with E-state index in [1.165, 1.54) is 0 Å².